The molecule has 1 aliphatic rings. The molecule has 0 amide bonds. The average Bonchev–Trinajstić information content (AvgIpc) is 2.94. The van der Waals surface area contributed by atoms with E-state index in [4.69, 9.17) is 16.3 Å². The highest BCUT2D eigenvalue weighted by Gasteiger charge is 2.29. The van der Waals surface area contributed by atoms with Crippen LogP contribution >= 0.6 is 34.2 Å². The van der Waals surface area contributed by atoms with Gasteiger partial charge in [-0.1, -0.05) is 11.6 Å². The standard InChI is InChI=1S/C9H10ClIN2O/c1-14-4-6-12-8(5-2-3-5)7(11)9(10)13-6/h5H,2-4H2,1H3. The fourth-order valence-corrected chi connectivity index (χ4v) is 2.18. The molecule has 0 N–H and O–H groups in total. The van der Waals surface area contributed by atoms with Crippen molar-refractivity contribution >= 4 is 34.2 Å². The summed E-state index contributed by atoms with van der Waals surface area (Å²) in [5.41, 5.74) is 1.10. The molecule has 1 heterocycles. The van der Waals surface area contributed by atoms with Gasteiger partial charge in [0.15, 0.2) is 5.82 Å². The fourth-order valence-electron chi connectivity index (χ4n) is 1.30. The lowest BCUT2D eigenvalue weighted by molar-refractivity contribution is 0.177. The molecule has 0 aliphatic heterocycles. The molecule has 14 heavy (non-hydrogen) atoms. The Kier molecular flexibility index (Phi) is 3.23. The van der Waals surface area contributed by atoms with E-state index < -0.39 is 0 Å². The van der Waals surface area contributed by atoms with E-state index in [0.717, 1.165) is 9.26 Å². The van der Waals surface area contributed by atoms with Crippen LogP contribution in [0.25, 0.3) is 0 Å². The Balaban J connectivity index is 2.36. The van der Waals surface area contributed by atoms with Gasteiger partial charge in [-0.15, -0.1) is 0 Å². The van der Waals surface area contributed by atoms with Crippen LogP contribution in [0.3, 0.4) is 0 Å². The van der Waals surface area contributed by atoms with Gasteiger partial charge in [-0.05, 0) is 35.4 Å². The summed E-state index contributed by atoms with van der Waals surface area (Å²) in [5.74, 6) is 1.28. The van der Waals surface area contributed by atoms with Gasteiger partial charge in [0, 0.05) is 13.0 Å². The lowest BCUT2D eigenvalue weighted by Gasteiger charge is -2.06. The van der Waals surface area contributed by atoms with E-state index in [2.05, 4.69) is 32.6 Å². The van der Waals surface area contributed by atoms with Crippen molar-refractivity contribution in [3.63, 3.8) is 0 Å². The van der Waals surface area contributed by atoms with Crippen LogP contribution in [-0.4, -0.2) is 17.1 Å². The SMILES string of the molecule is COCc1nc(Cl)c(I)c(C2CC2)n1. The molecular weight excluding hydrogens is 314 g/mol. The predicted molar refractivity (Wildman–Crippen MR) is 62.4 cm³/mol. The normalized spacial score (nSPS) is 15.9. The summed E-state index contributed by atoms with van der Waals surface area (Å²) in [6.45, 7) is 0.427. The number of halogens is 2. The molecule has 5 heteroatoms. The monoisotopic (exact) mass is 324 g/mol. The summed E-state index contributed by atoms with van der Waals surface area (Å²) in [4.78, 5) is 8.61. The molecule has 0 radical (unpaired) electrons. The number of nitrogens with zero attached hydrogens (tertiary/aromatic N) is 2. The molecule has 1 aliphatic carbocycles. The zero-order valence-electron chi connectivity index (χ0n) is 7.76. The highest BCUT2D eigenvalue weighted by Crippen LogP contribution is 2.42. The molecule has 0 spiro atoms. The number of hydrogen-bond acceptors (Lipinski definition) is 3. The number of aromatic nitrogens is 2. The highest BCUT2D eigenvalue weighted by molar-refractivity contribution is 14.1. The summed E-state index contributed by atoms with van der Waals surface area (Å²) >= 11 is 8.22. The van der Waals surface area contributed by atoms with E-state index in [1.54, 1.807) is 7.11 Å². The summed E-state index contributed by atoms with van der Waals surface area (Å²) in [7, 11) is 1.63. The number of hydrogen-bond donors (Lipinski definition) is 0. The molecule has 0 bridgehead atoms. The van der Waals surface area contributed by atoms with Crippen LogP contribution in [0.5, 0.6) is 0 Å². The summed E-state index contributed by atoms with van der Waals surface area (Å²) in [6, 6.07) is 0. The van der Waals surface area contributed by atoms with Crippen molar-refractivity contribution in [3.8, 4) is 0 Å². The molecule has 0 unspecified atom stereocenters. The van der Waals surface area contributed by atoms with Gasteiger partial charge in [-0.3, -0.25) is 0 Å². The van der Waals surface area contributed by atoms with Crippen molar-refractivity contribution in [1.29, 1.82) is 0 Å². The topological polar surface area (TPSA) is 35.0 Å². The van der Waals surface area contributed by atoms with Crippen molar-refractivity contribution in [2.24, 2.45) is 0 Å². The van der Waals surface area contributed by atoms with Gasteiger partial charge < -0.3 is 4.74 Å². The van der Waals surface area contributed by atoms with E-state index in [-0.39, 0.29) is 0 Å². The molecule has 0 atom stereocenters. The Bertz CT molecular complexity index is 355. The molecule has 0 aromatic carbocycles. The minimum Gasteiger partial charge on any atom is -0.377 e. The molecule has 1 aromatic heterocycles. The van der Waals surface area contributed by atoms with Crippen molar-refractivity contribution in [1.82, 2.24) is 9.97 Å². The van der Waals surface area contributed by atoms with Gasteiger partial charge >= 0.3 is 0 Å². The van der Waals surface area contributed by atoms with Crippen LogP contribution in [0, 0.1) is 3.57 Å². The van der Waals surface area contributed by atoms with Crippen LogP contribution in [-0.2, 0) is 11.3 Å². The van der Waals surface area contributed by atoms with Crippen molar-refractivity contribution in [2.75, 3.05) is 7.11 Å². The first-order valence-electron chi connectivity index (χ1n) is 4.43. The summed E-state index contributed by atoms with van der Waals surface area (Å²) in [5, 5.41) is 0.551. The first-order valence-corrected chi connectivity index (χ1v) is 5.88. The Morgan fingerprint density at radius 3 is 2.79 bits per heavy atom. The third-order valence-corrected chi connectivity index (χ3v) is 3.78. The van der Waals surface area contributed by atoms with Gasteiger partial charge in [0.25, 0.3) is 0 Å². The second-order valence-electron chi connectivity index (χ2n) is 3.34. The molecule has 76 valence electrons. The molecule has 2 rings (SSSR count). The maximum absolute atomic E-state index is 6.01. The van der Waals surface area contributed by atoms with E-state index in [9.17, 15) is 0 Å². The minimum atomic E-state index is 0.427. The first kappa shape index (κ1) is 10.6. The molecule has 1 aromatic rings. The predicted octanol–water partition coefficient (Wildman–Crippen LogP) is 2.76. The third-order valence-electron chi connectivity index (χ3n) is 2.12. The maximum atomic E-state index is 6.01. The van der Waals surface area contributed by atoms with Gasteiger partial charge in [-0.25, -0.2) is 9.97 Å². The van der Waals surface area contributed by atoms with E-state index >= 15 is 0 Å². The van der Waals surface area contributed by atoms with Crippen LogP contribution in [0.4, 0.5) is 0 Å². The fraction of sp³-hybridized carbons (Fsp3) is 0.556. The van der Waals surface area contributed by atoms with Crippen LogP contribution in [0.15, 0.2) is 0 Å². The van der Waals surface area contributed by atoms with Crippen molar-refractivity contribution < 1.29 is 4.74 Å². The smallest absolute Gasteiger partial charge is 0.156 e. The lowest BCUT2D eigenvalue weighted by Crippen LogP contribution is -2.03. The van der Waals surface area contributed by atoms with Crippen molar-refractivity contribution in [2.45, 2.75) is 25.4 Å². The lowest BCUT2D eigenvalue weighted by atomic mass is 10.3. The second-order valence-corrected chi connectivity index (χ2v) is 4.77. The zero-order valence-corrected chi connectivity index (χ0v) is 10.7. The van der Waals surface area contributed by atoms with E-state index in [0.29, 0.717) is 23.5 Å². The quantitative estimate of drug-likeness (QED) is 0.633. The Hall–Kier alpha value is 0.0600. The largest absolute Gasteiger partial charge is 0.377 e. The molecule has 3 nitrogen and oxygen atoms in total. The third kappa shape index (κ3) is 2.17. The van der Waals surface area contributed by atoms with E-state index in [1.165, 1.54) is 12.8 Å². The van der Waals surface area contributed by atoms with Gasteiger partial charge in [0.05, 0.1) is 9.26 Å². The number of ether oxygens (including phenoxy) is 1. The summed E-state index contributed by atoms with van der Waals surface area (Å²) < 4.78 is 5.98. The minimum absolute atomic E-state index is 0.427. The van der Waals surface area contributed by atoms with Gasteiger partial charge in [-0.2, -0.15) is 0 Å². The molecule has 0 saturated heterocycles. The zero-order chi connectivity index (χ0) is 10.1. The van der Waals surface area contributed by atoms with Crippen molar-refractivity contribution in [3.05, 3.63) is 20.2 Å². The number of methoxy groups -OCH3 is 1. The Morgan fingerprint density at radius 1 is 1.50 bits per heavy atom. The molecule has 1 saturated carbocycles. The van der Waals surface area contributed by atoms with Gasteiger partial charge in [0.1, 0.15) is 11.8 Å². The van der Waals surface area contributed by atoms with Gasteiger partial charge in [0.2, 0.25) is 0 Å². The number of rotatable bonds is 3. The molecule has 1 fully saturated rings. The maximum Gasteiger partial charge on any atom is 0.156 e. The highest BCUT2D eigenvalue weighted by atomic mass is 127. The summed E-state index contributed by atoms with van der Waals surface area (Å²) in [6.07, 6.45) is 2.44. The second kappa shape index (κ2) is 4.28. The first-order chi connectivity index (χ1) is 6.72. The van der Waals surface area contributed by atoms with Crippen LogP contribution < -0.4 is 0 Å². The van der Waals surface area contributed by atoms with E-state index in [1.807, 2.05) is 0 Å². The molecular formula is C9H10ClIN2O. The average molecular weight is 325 g/mol. The van der Waals surface area contributed by atoms with Crippen LogP contribution in [0.2, 0.25) is 5.15 Å². The Morgan fingerprint density at radius 2 is 2.21 bits per heavy atom. The Labute approximate surface area is 101 Å². The van der Waals surface area contributed by atoms with Crippen LogP contribution in [0.1, 0.15) is 30.3 Å².